The number of aromatic nitrogens is 2. The Morgan fingerprint density at radius 1 is 1.56 bits per heavy atom. The number of rotatable bonds is 2. The second-order valence-corrected chi connectivity index (χ2v) is 4.52. The molecule has 1 saturated heterocycles. The molecule has 4 nitrogen and oxygen atoms in total. The van der Waals surface area contributed by atoms with Crippen molar-refractivity contribution >= 4 is 12.4 Å². The molecule has 1 fully saturated rings. The molecule has 1 aromatic rings. The van der Waals surface area contributed by atoms with E-state index in [9.17, 15) is 0 Å². The first-order valence-corrected chi connectivity index (χ1v) is 5.62. The summed E-state index contributed by atoms with van der Waals surface area (Å²) in [7, 11) is 1.99. The minimum absolute atomic E-state index is 0. The van der Waals surface area contributed by atoms with Crippen molar-refractivity contribution in [2.75, 3.05) is 13.1 Å². The molecule has 2 N–H and O–H groups in total. The maximum absolute atomic E-state index is 5.96. The lowest BCUT2D eigenvalue weighted by Gasteiger charge is -2.30. The van der Waals surface area contributed by atoms with Gasteiger partial charge in [0.15, 0.2) is 0 Å². The number of likely N-dealkylation sites (tertiary alicyclic amines) is 1. The summed E-state index contributed by atoms with van der Waals surface area (Å²) in [6.45, 7) is 5.30. The normalized spacial score (nSPS) is 21.8. The van der Waals surface area contributed by atoms with Gasteiger partial charge in [0.2, 0.25) is 0 Å². The molecule has 1 atom stereocenters. The van der Waals surface area contributed by atoms with Gasteiger partial charge in [-0.3, -0.25) is 9.58 Å². The lowest BCUT2D eigenvalue weighted by Crippen LogP contribution is -2.42. The van der Waals surface area contributed by atoms with Gasteiger partial charge in [-0.05, 0) is 26.3 Å². The number of halogens is 1. The highest BCUT2D eigenvalue weighted by Gasteiger charge is 2.17. The van der Waals surface area contributed by atoms with Crippen molar-refractivity contribution in [2.24, 2.45) is 12.8 Å². The summed E-state index contributed by atoms with van der Waals surface area (Å²) in [5.41, 5.74) is 8.54. The Balaban J connectivity index is 0.00000128. The number of nitrogens with zero attached hydrogens (tertiary/aromatic N) is 3. The summed E-state index contributed by atoms with van der Waals surface area (Å²) in [5.74, 6) is 0. The number of nitrogens with two attached hydrogens (primary N) is 1. The number of piperidine rings is 1. The highest BCUT2D eigenvalue weighted by molar-refractivity contribution is 5.85. The molecule has 5 heteroatoms. The van der Waals surface area contributed by atoms with E-state index >= 15 is 0 Å². The largest absolute Gasteiger partial charge is 0.327 e. The van der Waals surface area contributed by atoms with Gasteiger partial charge in [0.1, 0.15) is 0 Å². The third-order valence-electron chi connectivity index (χ3n) is 3.27. The summed E-state index contributed by atoms with van der Waals surface area (Å²) in [4.78, 5) is 2.43. The Labute approximate surface area is 103 Å². The second kappa shape index (κ2) is 5.66. The van der Waals surface area contributed by atoms with Gasteiger partial charge in [-0.2, -0.15) is 5.10 Å². The molecule has 1 aliphatic rings. The summed E-state index contributed by atoms with van der Waals surface area (Å²) in [6, 6.07) is 0.357. The van der Waals surface area contributed by atoms with E-state index in [0.717, 1.165) is 13.1 Å². The van der Waals surface area contributed by atoms with Crippen LogP contribution in [0, 0.1) is 6.92 Å². The van der Waals surface area contributed by atoms with E-state index in [0.29, 0.717) is 6.04 Å². The van der Waals surface area contributed by atoms with E-state index in [1.165, 1.54) is 30.6 Å². The van der Waals surface area contributed by atoms with Crippen LogP contribution in [-0.4, -0.2) is 33.8 Å². The van der Waals surface area contributed by atoms with Crippen LogP contribution < -0.4 is 5.73 Å². The van der Waals surface area contributed by atoms with E-state index in [-0.39, 0.29) is 12.4 Å². The van der Waals surface area contributed by atoms with E-state index < -0.39 is 0 Å². The molecular weight excluding hydrogens is 224 g/mol. The number of hydrogen-bond donors (Lipinski definition) is 1. The minimum atomic E-state index is 0. The predicted molar refractivity (Wildman–Crippen MR) is 67.7 cm³/mol. The summed E-state index contributed by atoms with van der Waals surface area (Å²) < 4.78 is 1.93. The molecule has 0 amide bonds. The van der Waals surface area contributed by atoms with Crippen molar-refractivity contribution in [3.05, 3.63) is 17.5 Å². The molecule has 92 valence electrons. The van der Waals surface area contributed by atoms with Gasteiger partial charge in [0, 0.05) is 37.4 Å². The first kappa shape index (κ1) is 13.5. The summed E-state index contributed by atoms with van der Waals surface area (Å²) >= 11 is 0. The highest BCUT2D eigenvalue weighted by atomic mass is 35.5. The third kappa shape index (κ3) is 2.97. The monoisotopic (exact) mass is 244 g/mol. The van der Waals surface area contributed by atoms with E-state index in [4.69, 9.17) is 5.73 Å². The molecular formula is C11H21ClN4. The van der Waals surface area contributed by atoms with Crippen LogP contribution in [0.4, 0.5) is 0 Å². The first-order chi connectivity index (χ1) is 7.16. The zero-order valence-corrected chi connectivity index (χ0v) is 10.8. The number of aryl methyl sites for hydroxylation is 1. The quantitative estimate of drug-likeness (QED) is 0.847. The fraction of sp³-hybridized carbons (Fsp3) is 0.727. The van der Waals surface area contributed by atoms with Crippen molar-refractivity contribution in [3.63, 3.8) is 0 Å². The Bertz CT molecular complexity index is 337. The molecule has 0 aromatic carbocycles. The standard InChI is InChI=1S/C11H20N4.ClH/c1-9-10(6-13-14(9)2)7-15-5-3-4-11(12)8-15;/h6,11H,3-5,7-8,12H2,1-2H3;1H/t11-;/m1./s1. The van der Waals surface area contributed by atoms with E-state index in [1.807, 2.05) is 17.9 Å². The predicted octanol–water partition coefficient (Wildman–Crippen LogP) is 1.07. The van der Waals surface area contributed by atoms with Gasteiger partial charge >= 0.3 is 0 Å². The molecule has 0 unspecified atom stereocenters. The average molecular weight is 245 g/mol. The Morgan fingerprint density at radius 2 is 2.31 bits per heavy atom. The lowest BCUT2D eigenvalue weighted by molar-refractivity contribution is 0.201. The lowest BCUT2D eigenvalue weighted by atomic mass is 10.1. The smallest absolute Gasteiger partial charge is 0.0537 e. The second-order valence-electron chi connectivity index (χ2n) is 4.52. The SMILES string of the molecule is Cc1c(CN2CCC[C@@H](N)C2)cnn1C.Cl. The van der Waals surface area contributed by atoms with Gasteiger partial charge < -0.3 is 5.73 Å². The number of hydrogen-bond acceptors (Lipinski definition) is 3. The molecule has 1 aromatic heterocycles. The third-order valence-corrected chi connectivity index (χ3v) is 3.27. The Kier molecular flexibility index (Phi) is 4.77. The van der Waals surface area contributed by atoms with Crippen LogP contribution in [0.25, 0.3) is 0 Å². The van der Waals surface area contributed by atoms with Crippen LogP contribution in [0.15, 0.2) is 6.20 Å². The van der Waals surface area contributed by atoms with E-state index in [1.54, 1.807) is 0 Å². The zero-order chi connectivity index (χ0) is 10.8. The Morgan fingerprint density at radius 3 is 2.88 bits per heavy atom. The topological polar surface area (TPSA) is 47.1 Å². The van der Waals surface area contributed by atoms with Gasteiger partial charge in [-0.1, -0.05) is 0 Å². The molecule has 16 heavy (non-hydrogen) atoms. The van der Waals surface area contributed by atoms with Crippen molar-refractivity contribution in [1.29, 1.82) is 0 Å². The molecule has 0 radical (unpaired) electrons. The molecule has 2 rings (SSSR count). The van der Waals surface area contributed by atoms with Crippen LogP contribution in [0.2, 0.25) is 0 Å². The van der Waals surface area contributed by atoms with E-state index in [2.05, 4.69) is 16.9 Å². The van der Waals surface area contributed by atoms with Crippen LogP contribution in [0.1, 0.15) is 24.1 Å². The van der Waals surface area contributed by atoms with Crippen molar-refractivity contribution in [2.45, 2.75) is 32.4 Å². The van der Waals surface area contributed by atoms with Crippen LogP contribution in [0.5, 0.6) is 0 Å². The van der Waals surface area contributed by atoms with Crippen LogP contribution >= 0.6 is 12.4 Å². The van der Waals surface area contributed by atoms with Crippen molar-refractivity contribution < 1.29 is 0 Å². The minimum Gasteiger partial charge on any atom is -0.327 e. The molecule has 2 heterocycles. The average Bonchev–Trinajstić information content (AvgIpc) is 2.50. The maximum Gasteiger partial charge on any atom is 0.0537 e. The molecule has 0 saturated carbocycles. The molecule has 0 spiro atoms. The fourth-order valence-electron chi connectivity index (χ4n) is 2.18. The van der Waals surface area contributed by atoms with Crippen molar-refractivity contribution in [3.8, 4) is 0 Å². The molecule has 1 aliphatic heterocycles. The first-order valence-electron chi connectivity index (χ1n) is 5.62. The van der Waals surface area contributed by atoms with Gasteiger partial charge in [0.05, 0.1) is 6.20 Å². The summed E-state index contributed by atoms with van der Waals surface area (Å²) in [6.07, 6.45) is 4.36. The van der Waals surface area contributed by atoms with Crippen LogP contribution in [-0.2, 0) is 13.6 Å². The zero-order valence-electron chi connectivity index (χ0n) is 10.0. The van der Waals surface area contributed by atoms with Gasteiger partial charge in [0.25, 0.3) is 0 Å². The Hall–Kier alpha value is -0.580. The molecule has 0 bridgehead atoms. The van der Waals surface area contributed by atoms with Crippen molar-refractivity contribution in [1.82, 2.24) is 14.7 Å². The fourth-order valence-corrected chi connectivity index (χ4v) is 2.18. The summed E-state index contributed by atoms with van der Waals surface area (Å²) in [5, 5.41) is 4.26. The van der Waals surface area contributed by atoms with Gasteiger partial charge in [-0.15, -0.1) is 12.4 Å². The highest BCUT2D eigenvalue weighted by Crippen LogP contribution is 2.14. The maximum atomic E-state index is 5.96. The molecule has 0 aliphatic carbocycles. The van der Waals surface area contributed by atoms with Crippen LogP contribution in [0.3, 0.4) is 0 Å². The van der Waals surface area contributed by atoms with Gasteiger partial charge in [-0.25, -0.2) is 0 Å².